The Kier molecular flexibility index (Phi) is 4.06. The molecule has 0 aliphatic heterocycles. The second kappa shape index (κ2) is 6.16. The van der Waals surface area contributed by atoms with Gasteiger partial charge in [-0.25, -0.2) is 14.2 Å². The first-order valence-electron chi connectivity index (χ1n) is 7.43. The van der Waals surface area contributed by atoms with E-state index >= 15 is 0 Å². The summed E-state index contributed by atoms with van der Waals surface area (Å²) >= 11 is 0. The molecule has 0 N–H and O–H groups in total. The van der Waals surface area contributed by atoms with Crippen molar-refractivity contribution in [3.8, 4) is 11.1 Å². The molecule has 0 spiro atoms. The molecule has 0 saturated heterocycles. The molecule has 23 heavy (non-hydrogen) atoms. The quantitative estimate of drug-likeness (QED) is 0.667. The molecule has 0 aliphatic rings. The fraction of sp³-hybridized carbons (Fsp3) is 0.158. The van der Waals surface area contributed by atoms with Gasteiger partial charge in [0.15, 0.2) is 0 Å². The van der Waals surface area contributed by atoms with E-state index in [4.69, 9.17) is 4.74 Å². The Hall–Kier alpha value is -2.75. The van der Waals surface area contributed by atoms with Crippen LogP contribution in [0.5, 0.6) is 0 Å². The van der Waals surface area contributed by atoms with Crippen molar-refractivity contribution in [2.45, 2.75) is 13.8 Å². The molecular weight excluding hydrogens is 293 g/mol. The molecule has 3 rings (SSSR count). The Morgan fingerprint density at radius 3 is 2.57 bits per heavy atom. The van der Waals surface area contributed by atoms with Gasteiger partial charge in [-0.1, -0.05) is 23.8 Å². The smallest absolute Gasteiger partial charge is 0.356 e. The molecule has 0 saturated carbocycles. The number of ether oxygens (including phenoxy) is 1. The van der Waals surface area contributed by atoms with E-state index in [1.54, 1.807) is 25.1 Å². The van der Waals surface area contributed by atoms with Crippen molar-refractivity contribution >= 4 is 16.9 Å². The minimum absolute atomic E-state index is 0.252. The molecule has 0 unspecified atom stereocenters. The number of carbonyl (C=O) groups is 1. The molecule has 0 amide bonds. The Labute approximate surface area is 133 Å². The lowest BCUT2D eigenvalue weighted by molar-refractivity contribution is 0.0520. The molecule has 0 aliphatic carbocycles. The van der Waals surface area contributed by atoms with E-state index in [0.29, 0.717) is 12.1 Å². The van der Waals surface area contributed by atoms with Gasteiger partial charge >= 0.3 is 5.97 Å². The zero-order valence-corrected chi connectivity index (χ0v) is 13.0. The van der Waals surface area contributed by atoms with Gasteiger partial charge in [0.05, 0.1) is 12.1 Å². The maximum Gasteiger partial charge on any atom is 0.356 e. The average molecular weight is 309 g/mol. The third kappa shape index (κ3) is 3.06. The lowest BCUT2D eigenvalue weighted by atomic mass is 9.99. The molecular formula is C19H16FNO2. The molecule has 1 aromatic heterocycles. The van der Waals surface area contributed by atoms with Crippen molar-refractivity contribution in [2.75, 3.05) is 6.61 Å². The normalized spacial score (nSPS) is 10.7. The standard InChI is InChI=1S/C19H16FNO2/c1-3-23-19(22)18-11-15(13-5-7-14(20)8-6-13)16-10-12(2)4-9-17(16)21-18/h4-11H,3H2,1-2H3. The summed E-state index contributed by atoms with van der Waals surface area (Å²) in [4.78, 5) is 16.4. The van der Waals surface area contributed by atoms with Gasteiger partial charge in [-0.3, -0.25) is 0 Å². The first kappa shape index (κ1) is 15.2. The molecule has 3 aromatic rings. The summed E-state index contributed by atoms with van der Waals surface area (Å²) in [6.45, 7) is 4.04. The third-order valence-electron chi connectivity index (χ3n) is 3.60. The average Bonchev–Trinajstić information content (AvgIpc) is 2.55. The SMILES string of the molecule is CCOC(=O)c1cc(-c2ccc(F)cc2)c2cc(C)ccc2n1. The monoisotopic (exact) mass is 309 g/mol. The molecule has 1 heterocycles. The zero-order valence-electron chi connectivity index (χ0n) is 13.0. The number of halogens is 1. The second-order valence-corrected chi connectivity index (χ2v) is 5.30. The number of hydrogen-bond acceptors (Lipinski definition) is 3. The Morgan fingerprint density at radius 1 is 1.13 bits per heavy atom. The molecule has 0 bridgehead atoms. The maximum absolute atomic E-state index is 13.2. The van der Waals surface area contributed by atoms with Crippen molar-refractivity contribution in [2.24, 2.45) is 0 Å². The Bertz CT molecular complexity index is 872. The maximum atomic E-state index is 13.2. The number of esters is 1. The van der Waals surface area contributed by atoms with Crippen LogP contribution in [0.2, 0.25) is 0 Å². The van der Waals surface area contributed by atoms with E-state index in [2.05, 4.69) is 4.98 Å². The molecule has 0 atom stereocenters. The van der Waals surface area contributed by atoms with E-state index in [1.165, 1.54) is 12.1 Å². The number of fused-ring (bicyclic) bond motifs is 1. The van der Waals surface area contributed by atoms with Gasteiger partial charge in [0, 0.05) is 5.39 Å². The Morgan fingerprint density at radius 2 is 1.87 bits per heavy atom. The number of nitrogens with zero attached hydrogens (tertiary/aromatic N) is 1. The van der Waals surface area contributed by atoms with Crippen LogP contribution >= 0.6 is 0 Å². The van der Waals surface area contributed by atoms with Crippen molar-refractivity contribution in [1.29, 1.82) is 0 Å². The van der Waals surface area contributed by atoms with Gasteiger partial charge < -0.3 is 4.74 Å². The van der Waals surface area contributed by atoms with E-state index in [-0.39, 0.29) is 11.5 Å². The van der Waals surface area contributed by atoms with Gasteiger partial charge in [-0.05, 0) is 55.3 Å². The highest BCUT2D eigenvalue weighted by molar-refractivity contribution is 5.99. The number of hydrogen-bond donors (Lipinski definition) is 0. The van der Waals surface area contributed by atoms with E-state index in [9.17, 15) is 9.18 Å². The summed E-state index contributed by atoms with van der Waals surface area (Å²) < 4.78 is 18.3. The van der Waals surface area contributed by atoms with E-state index in [1.807, 2.05) is 25.1 Å². The number of aromatic nitrogens is 1. The van der Waals surface area contributed by atoms with Crippen molar-refractivity contribution < 1.29 is 13.9 Å². The van der Waals surface area contributed by atoms with Crippen LogP contribution in [0.1, 0.15) is 23.0 Å². The van der Waals surface area contributed by atoms with E-state index in [0.717, 1.165) is 22.1 Å². The van der Waals surface area contributed by atoms with Crippen LogP contribution in [-0.4, -0.2) is 17.6 Å². The molecule has 3 nitrogen and oxygen atoms in total. The van der Waals surface area contributed by atoms with Gasteiger partial charge in [0.25, 0.3) is 0 Å². The van der Waals surface area contributed by atoms with Gasteiger partial charge in [-0.15, -0.1) is 0 Å². The van der Waals surface area contributed by atoms with Crippen LogP contribution in [-0.2, 0) is 4.74 Å². The lowest BCUT2D eigenvalue weighted by Gasteiger charge is -2.10. The van der Waals surface area contributed by atoms with Crippen LogP contribution in [0.4, 0.5) is 4.39 Å². The van der Waals surface area contributed by atoms with Crippen molar-refractivity contribution in [1.82, 2.24) is 4.98 Å². The lowest BCUT2D eigenvalue weighted by Crippen LogP contribution is -2.07. The highest BCUT2D eigenvalue weighted by Crippen LogP contribution is 2.29. The first-order valence-corrected chi connectivity index (χ1v) is 7.43. The number of pyridine rings is 1. The molecule has 116 valence electrons. The summed E-state index contributed by atoms with van der Waals surface area (Å²) in [6.07, 6.45) is 0. The predicted octanol–water partition coefficient (Wildman–Crippen LogP) is 4.53. The minimum atomic E-state index is -0.460. The number of benzene rings is 2. The molecule has 4 heteroatoms. The number of aryl methyl sites for hydroxylation is 1. The number of carbonyl (C=O) groups excluding carboxylic acids is 1. The minimum Gasteiger partial charge on any atom is -0.461 e. The van der Waals surface area contributed by atoms with Gasteiger partial charge in [0.2, 0.25) is 0 Å². The fourth-order valence-corrected chi connectivity index (χ4v) is 2.52. The van der Waals surface area contributed by atoms with Crippen molar-refractivity contribution in [3.63, 3.8) is 0 Å². The van der Waals surface area contributed by atoms with Crippen LogP contribution in [0.25, 0.3) is 22.0 Å². The first-order chi connectivity index (χ1) is 11.1. The summed E-state index contributed by atoms with van der Waals surface area (Å²) in [5, 5.41) is 0.921. The van der Waals surface area contributed by atoms with Crippen LogP contribution < -0.4 is 0 Å². The van der Waals surface area contributed by atoms with Gasteiger partial charge in [0.1, 0.15) is 11.5 Å². The second-order valence-electron chi connectivity index (χ2n) is 5.30. The zero-order chi connectivity index (χ0) is 16.4. The largest absolute Gasteiger partial charge is 0.461 e. The number of rotatable bonds is 3. The van der Waals surface area contributed by atoms with Crippen molar-refractivity contribution in [3.05, 3.63) is 65.6 Å². The third-order valence-corrected chi connectivity index (χ3v) is 3.60. The van der Waals surface area contributed by atoms with Crippen LogP contribution in [0.15, 0.2) is 48.5 Å². The summed E-state index contributed by atoms with van der Waals surface area (Å²) in [5.74, 6) is -0.757. The van der Waals surface area contributed by atoms with Crippen LogP contribution in [0, 0.1) is 12.7 Å². The summed E-state index contributed by atoms with van der Waals surface area (Å²) in [5.41, 5.74) is 3.71. The molecule has 0 radical (unpaired) electrons. The predicted molar refractivity (Wildman–Crippen MR) is 87.8 cm³/mol. The molecule has 2 aromatic carbocycles. The van der Waals surface area contributed by atoms with E-state index < -0.39 is 5.97 Å². The highest BCUT2D eigenvalue weighted by Gasteiger charge is 2.14. The van der Waals surface area contributed by atoms with Crippen LogP contribution in [0.3, 0.4) is 0 Å². The highest BCUT2D eigenvalue weighted by atomic mass is 19.1. The van der Waals surface area contributed by atoms with Gasteiger partial charge in [-0.2, -0.15) is 0 Å². The molecule has 0 fully saturated rings. The Balaban J connectivity index is 2.25. The topological polar surface area (TPSA) is 39.2 Å². The fourth-order valence-electron chi connectivity index (χ4n) is 2.52. The summed E-state index contributed by atoms with van der Waals surface area (Å²) in [6, 6.07) is 13.7. The summed E-state index contributed by atoms with van der Waals surface area (Å²) in [7, 11) is 0.